The van der Waals surface area contributed by atoms with Crippen molar-refractivity contribution in [3.05, 3.63) is 99.4 Å². The van der Waals surface area contributed by atoms with Gasteiger partial charge in [0.15, 0.2) is 0 Å². The maximum Gasteiger partial charge on any atom is 0.269 e. The number of nitrogens with zero attached hydrogens (tertiary/aromatic N) is 3. The molecule has 1 N–H and O–H groups in total. The summed E-state index contributed by atoms with van der Waals surface area (Å²) in [4.78, 5) is 30.5. The summed E-state index contributed by atoms with van der Waals surface area (Å²) in [6.45, 7) is 2.39. The highest BCUT2D eigenvalue weighted by molar-refractivity contribution is 6.30. The number of anilines is 1. The summed E-state index contributed by atoms with van der Waals surface area (Å²) in [7, 11) is 0. The molecule has 2 aromatic carbocycles. The molecule has 0 spiro atoms. The van der Waals surface area contributed by atoms with E-state index in [4.69, 9.17) is 21.1 Å². The number of rotatable bonds is 7. The fourth-order valence-corrected chi connectivity index (χ4v) is 3.32. The molecule has 1 amide bonds. The van der Waals surface area contributed by atoms with Crippen LogP contribution in [0.15, 0.2) is 83.3 Å². The minimum absolute atomic E-state index is 0.0508. The molecule has 0 saturated carbocycles. The lowest BCUT2D eigenvalue weighted by atomic mass is 10.1. The first kappa shape index (κ1) is 23.5. The third-order valence-electron chi connectivity index (χ3n) is 4.84. The van der Waals surface area contributed by atoms with Gasteiger partial charge in [0.05, 0.1) is 6.61 Å². The second kappa shape index (κ2) is 10.5. The van der Waals surface area contributed by atoms with Crippen LogP contribution in [0.4, 0.5) is 5.69 Å². The summed E-state index contributed by atoms with van der Waals surface area (Å²) >= 11 is 5.94. The van der Waals surface area contributed by atoms with E-state index in [2.05, 4.69) is 10.3 Å². The maximum atomic E-state index is 13.2. The number of carbonyl (C=O) groups is 1. The summed E-state index contributed by atoms with van der Waals surface area (Å²) in [6, 6.07) is 20.1. The highest BCUT2D eigenvalue weighted by Gasteiger charge is 2.17. The van der Waals surface area contributed by atoms with Gasteiger partial charge >= 0.3 is 0 Å². The van der Waals surface area contributed by atoms with E-state index >= 15 is 0 Å². The molecule has 35 heavy (non-hydrogen) atoms. The lowest BCUT2D eigenvalue weighted by Crippen LogP contribution is -2.20. The van der Waals surface area contributed by atoms with Gasteiger partial charge in [0.1, 0.15) is 34.4 Å². The Morgan fingerprint density at radius 2 is 1.83 bits per heavy atom. The zero-order valence-electron chi connectivity index (χ0n) is 18.6. The standard InChI is InChI=1S/C26H19ClN4O4/c1-2-34-20-12-8-19(9-13-20)29-24(32)17(16-28)15-22-25(35-21-10-6-18(27)7-11-21)30-23-5-3-4-14-31(23)26(22)33/h3-15H,2H2,1H3,(H,29,32). The van der Waals surface area contributed by atoms with Gasteiger partial charge < -0.3 is 14.8 Å². The molecule has 2 heterocycles. The first-order chi connectivity index (χ1) is 17.0. The summed E-state index contributed by atoms with van der Waals surface area (Å²) in [5.74, 6) is 0.297. The van der Waals surface area contributed by atoms with Crippen molar-refractivity contribution in [2.24, 2.45) is 0 Å². The van der Waals surface area contributed by atoms with E-state index in [1.165, 1.54) is 10.5 Å². The molecular formula is C26H19ClN4O4. The van der Waals surface area contributed by atoms with Gasteiger partial charge in [-0.05, 0) is 73.7 Å². The Labute approximate surface area is 205 Å². The maximum absolute atomic E-state index is 13.2. The van der Waals surface area contributed by atoms with Crippen LogP contribution in [0.25, 0.3) is 11.7 Å². The molecule has 0 unspecified atom stereocenters. The Bertz CT molecular complexity index is 1500. The second-order valence-corrected chi connectivity index (χ2v) is 7.64. The van der Waals surface area contributed by atoms with Crippen LogP contribution in [0.3, 0.4) is 0 Å². The predicted octanol–water partition coefficient (Wildman–Crippen LogP) is 5.08. The number of hydrogen-bond donors (Lipinski definition) is 1. The van der Waals surface area contributed by atoms with Crippen LogP contribution in [-0.4, -0.2) is 21.9 Å². The molecule has 8 nitrogen and oxygen atoms in total. The van der Waals surface area contributed by atoms with Crippen LogP contribution in [0.1, 0.15) is 12.5 Å². The summed E-state index contributed by atoms with van der Waals surface area (Å²) in [5, 5.41) is 12.8. The van der Waals surface area contributed by atoms with E-state index < -0.39 is 11.5 Å². The predicted molar refractivity (Wildman–Crippen MR) is 133 cm³/mol. The van der Waals surface area contributed by atoms with Crippen molar-refractivity contribution in [3.63, 3.8) is 0 Å². The quantitative estimate of drug-likeness (QED) is 0.288. The van der Waals surface area contributed by atoms with Gasteiger partial charge in [-0.3, -0.25) is 14.0 Å². The van der Waals surface area contributed by atoms with Gasteiger partial charge in [-0.2, -0.15) is 10.2 Å². The molecule has 0 aliphatic rings. The molecule has 2 aromatic heterocycles. The van der Waals surface area contributed by atoms with Crippen molar-refractivity contribution in [2.75, 3.05) is 11.9 Å². The Kier molecular flexibility index (Phi) is 7.10. The number of ether oxygens (including phenoxy) is 2. The number of halogens is 1. The average Bonchev–Trinajstić information content (AvgIpc) is 2.86. The largest absolute Gasteiger partial charge is 0.494 e. The monoisotopic (exact) mass is 486 g/mol. The number of hydrogen-bond acceptors (Lipinski definition) is 6. The average molecular weight is 487 g/mol. The first-order valence-corrected chi connectivity index (χ1v) is 11.0. The van der Waals surface area contributed by atoms with Gasteiger partial charge in [-0.25, -0.2) is 0 Å². The van der Waals surface area contributed by atoms with Crippen LogP contribution in [0.5, 0.6) is 17.4 Å². The highest BCUT2D eigenvalue weighted by Crippen LogP contribution is 2.25. The number of pyridine rings is 1. The molecule has 4 rings (SSSR count). The van der Waals surface area contributed by atoms with E-state index in [-0.39, 0.29) is 17.0 Å². The minimum Gasteiger partial charge on any atom is -0.494 e. The lowest BCUT2D eigenvalue weighted by Gasteiger charge is -2.10. The molecular weight excluding hydrogens is 468 g/mol. The van der Waals surface area contributed by atoms with Crippen molar-refractivity contribution in [3.8, 4) is 23.4 Å². The Balaban J connectivity index is 1.72. The lowest BCUT2D eigenvalue weighted by molar-refractivity contribution is -0.112. The molecule has 0 fully saturated rings. The zero-order chi connectivity index (χ0) is 24.8. The Hall–Kier alpha value is -4.61. The molecule has 0 bridgehead atoms. The van der Waals surface area contributed by atoms with Gasteiger partial charge in [0.2, 0.25) is 5.88 Å². The number of nitriles is 1. The first-order valence-electron chi connectivity index (χ1n) is 10.6. The Morgan fingerprint density at radius 3 is 2.51 bits per heavy atom. The number of fused-ring (bicyclic) bond motifs is 1. The molecule has 0 aliphatic heterocycles. The van der Waals surface area contributed by atoms with Gasteiger partial charge in [0.25, 0.3) is 11.5 Å². The molecule has 174 valence electrons. The molecule has 0 aliphatic carbocycles. The van der Waals surface area contributed by atoms with Crippen molar-refractivity contribution in [2.45, 2.75) is 6.92 Å². The van der Waals surface area contributed by atoms with Crippen LogP contribution in [0.2, 0.25) is 5.02 Å². The van der Waals surface area contributed by atoms with E-state index in [0.717, 1.165) is 0 Å². The van der Waals surface area contributed by atoms with Gasteiger partial charge in [-0.15, -0.1) is 0 Å². The third-order valence-corrected chi connectivity index (χ3v) is 5.09. The van der Waals surface area contributed by atoms with E-state index in [1.54, 1.807) is 72.9 Å². The zero-order valence-corrected chi connectivity index (χ0v) is 19.3. The number of aromatic nitrogens is 2. The molecule has 0 atom stereocenters. The number of nitrogens with one attached hydrogen (secondary N) is 1. The van der Waals surface area contributed by atoms with Gasteiger partial charge in [-0.1, -0.05) is 17.7 Å². The smallest absolute Gasteiger partial charge is 0.269 e. The second-order valence-electron chi connectivity index (χ2n) is 7.20. The normalized spacial score (nSPS) is 11.1. The SMILES string of the molecule is CCOc1ccc(NC(=O)C(C#N)=Cc2c(Oc3ccc(Cl)cc3)nc3ccccn3c2=O)cc1. The highest BCUT2D eigenvalue weighted by atomic mass is 35.5. The fourth-order valence-electron chi connectivity index (χ4n) is 3.19. The van der Waals surface area contributed by atoms with Crippen LogP contribution >= 0.6 is 11.6 Å². The van der Waals surface area contributed by atoms with Crippen molar-refractivity contribution in [1.29, 1.82) is 5.26 Å². The summed E-state index contributed by atoms with van der Waals surface area (Å²) < 4.78 is 12.5. The third kappa shape index (κ3) is 5.49. The number of carbonyl (C=O) groups excluding carboxylic acids is 1. The summed E-state index contributed by atoms with van der Waals surface area (Å²) in [6.07, 6.45) is 2.71. The summed E-state index contributed by atoms with van der Waals surface area (Å²) in [5.41, 5.74) is -0.0422. The van der Waals surface area contributed by atoms with E-state index in [1.807, 2.05) is 13.0 Å². The molecule has 9 heteroatoms. The molecule has 4 aromatic rings. The van der Waals surface area contributed by atoms with Crippen LogP contribution in [0, 0.1) is 11.3 Å². The van der Waals surface area contributed by atoms with Crippen molar-refractivity contribution >= 4 is 34.9 Å². The molecule has 0 radical (unpaired) electrons. The van der Waals surface area contributed by atoms with Crippen LogP contribution < -0.4 is 20.3 Å². The molecule has 0 saturated heterocycles. The topological polar surface area (TPSA) is 106 Å². The van der Waals surface area contributed by atoms with Crippen molar-refractivity contribution in [1.82, 2.24) is 9.38 Å². The van der Waals surface area contributed by atoms with E-state index in [9.17, 15) is 14.9 Å². The number of benzene rings is 2. The van der Waals surface area contributed by atoms with E-state index in [0.29, 0.717) is 34.5 Å². The number of amides is 1. The van der Waals surface area contributed by atoms with Gasteiger partial charge in [0, 0.05) is 16.9 Å². The Morgan fingerprint density at radius 1 is 1.11 bits per heavy atom. The van der Waals surface area contributed by atoms with Crippen LogP contribution in [-0.2, 0) is 4.79 Å². The fraction of sp³-hybridized carbons (Fsp3) is 0.0769. The minimum atomic E-state index is -0.688. The van der Waals surface area contributed by atoms with Crippen molar-refractivity contribution < 1.29 is 14.3 Å².